The Balaban J connectivity index is 1.78. The predicted molar refractivity (Wildman–Crippen MR) is 130 cm³/mol. The Morgan fingerprint density at radius 2 is 1.58 bits per heavy atom. The number of nitrogens with zero attached hydrogens (tertiary/aromatic N) is 1. The molecule has 3 aromatic carbocycles. The standard InChI is InChI=1S/C24H25BrN2O3S/c1-16-5-11-22(14-17(16)2)27(31(4,29)30)15-19-6-8-20(9-7-19)24(28)26-21-10-12-23(25)18(3)13-21/h5-14H,15H2,1-4H3,(H,26,28). The Bertz CT molecular complexity index is 1220. The molecule has 5 nitrogen and oxygen atoms in total. The first-order chi connectivity index (χ1) is 14.5. The zero-order chi connectivity index (χ0) is 22.8. The van der Waals surface area contributed by atoms with Crippen LogP contribution in [0.25, 0.3) is 0 Å². The largest absolute Gasteiger partial charge is 0.322 e. The van der Waals surface area contributed by atoms with E-state index in [0.29, 0.717) is 16.9 Å². The minimum Gasteiger partial charge on any atom is -0.322 e. The average Bonchev–Trinajstić information content (AvgIpc) is 2.71. The molecule has 0 saturated carbocycles. The number of hydrogen-bond acceptors (Lipinski definition) is 3. The molecule has 0 atom stereocenters. The highest BCUT2D eigenvalue weighted by Crippen LogP contribution is 2.24. The van der Waals surface area contributed by atoms with E-state index in [1.54, 1.807) is 24.3 Å². The molecular weight excluding hydrogens is 476 g/mol. The van der Waals surface area contributed by atoms with Gasteiger partial charge in [-0.25, -0.2) is 8.42 Å². The predicted octanol–water partition coefficient (Wildman–Crippen LogP) is 5.59. The molecule has 162 valence electrons. The van der Waals surface area contributed by atoms with Crippen LogP contribution in [0, 0.1) is 20.8 Å². The quantitative estimate of drug-likeness (QED) is 0.479. The lowest BCUT2D eigenvalue weighted by Crippen LogP contribution is -2.29. The van der Waals surface area contributed by atoms with Crippen molar-refractivity contribution in [3.05, 3.63) is 93.0 Å². The molecule has 0 heterocycles. The van der Waals surface area contributed by atoms with Crippen molar-refractivity contribution in [1.29, 1.82) is 0 Å². The van der Waals surface area contributed by atoms with Crippen LogP contribution in [0.3, 0.4) is 0 Å². The van der Waals surface area contributed by atoms with Crippen molar-refractivity contribution in [3.8, 4) is 0 Å². The van der Waals surface area contributed by atoms with Gasteiger partial charge in [0.2, 0.25) is 10.0 Å². The Labute approximate surface area is 192 Å². The van der Waals surface area contributed by atoms with E-state index in [9.17, 15) is 13.2 Å². The fourth-order valence-electron chi connectivity index (χ4n) is 3.13. The van der Waals surface area contributed by atoms with Gasteiger partial charge in [-0.1, -0.05) is 34.1 Å². The summed E-state index contributed by atoms with van der Waals surface area (Å²) in [5, 5.41) is 2.88. The van der Waals surface area contributed by atoms with Crippen molar-refractivity contribution in [3.63, 3.8) is 0 Å². The number of nitrogens with one attached hydrogen (secondary N) is 1. The molecule has 3 aromatic rings. The van der Waals surface area contributed by atoms with Gasteiger partial charge >= 0.3 is 0 Å². The van der Waals surface area contributed by atoms with E-state index in [4.69, 9.17) is 0 Å². The summed E-state index contributed by atoms with van der Waals surface area (Å²) in [6.07, 6.45) is 1.20. The first-order valence-corrected chi connectivity index (χ1v) is 12.4. The summed E-state index contributed by atoms with van der Waals surface area (Å²) in [6.45, 7) is 6.09. The van der Waals surface area contributed by atoms with Crippen LogP contribution in [0.15, 0.2) is 65.1 Å². The fourth-order valence-corrected chi connectivity index (χ4v) is 4.26. The average molecular weight is 501 g/mol. The van der Waals surface area contributed by atoms with E-state index in [1.807, 2.05) is 57.2 Å². The molecule has 0 spiro atoms. The summed E-state index contributed by atoms with van der Waals surface area (Å²) in [4.78, 5) is 12.6. The normalized spacial score (nSPS) is 11.3. The highest BCUT2D eigenvalue weighted by molar-refractivity contribution is 9.10. The molecule has 0 aliphatic rings. The summed E-state index contributed by atoms with van der Waals surface area (Å²) >= 11 is 3.45. The minimum atomic E-state index is -3.47. The topological polar surface area (TPSA) is 66.5 Å². The smallest absolute Gasteiger partial charge is 0.255 e. The van der Waals surface area contributed by atoms with E-state index in [0.717, 1.165) is 26.7 Å². The van der Waals surface area contributed by atoms with Gasteiger partial charge in [-0.05, 0) is 85.5 Å². The lowest BCUT2D eigenvalue weighted by atomic mass is 10.1. The van der Waals surface area contributed by atoms with E-state index in [1.165, 1.54) is 10.6 Å². The SMILES string of the molecule is Cc1ccc(N(Cc2ccc(C(=O)Nc3ccc(Br)c(C)c3)cc2)S(C)(=O)=O)cc1C. The van der Waals surface area contributed by atoms with Crippen molar-refractivity contribution in [2.75, 3.05) is 15.9 Å². The minimum absolute atomic E-state index is 0.190. The summed E-state index contributed by atoms with van der Waals surface area (Å²) in [5.41, 5.74) is 5.79. The van der Waals surface area contributed by atoms with Crippen molar-refractivity contribution >= 4 is 43.2 Å². The third kappa shape index (κ3) is 5.74. The zero-order valence-corrected chi connectivity index (χ0v) is 20.3. The van der Waals surface area contributed by atoms with Crippen molar-refractivity contribution < 1.29 is 13.2 Å². The number of hydrogen-bond donors (Lipinski definition) is 1. The maximum absolute atomic E-state index is 12.6. The molecule has 0 unspecified atom stereocenters. The van der Waals surface area contributed by atoms with Crippen LogP contribution in [-0.4, -0.2) is 20.6 Å². The number of anilines is 2. The van der Waals surface area contributed by atoms with Gasteiger partial charge in [-0.3, -0.25) is 9.10 Å². The van der Waals surface area contributed by atoms with Gasteiger partial charge in [0.25, 0.3) is 5.91 Å². The molecular formula is C24H25BrN2O3S. The summed E-state index contributed by atoms with van der Waals surface area (Å²) in [6, 6.07) is 18.2. The van der Waals surface area contributed by atoms with Crippen LogP contribution in [0.1, 0.15) is 32.6 Å². The number of sulfonamides is 1. The third-order valence-electron chi connectivity index (χ3n) is 5.14. The van der Waals surface area contributed by atoms with Crippen LogP contribution < -0.4 is 9.62 Å². The molecule has 1 amide bonds. The highest BCUT2D eigenvalue weighted by Gasteiger charge is 2.18. The van der Waals surface area contributed by atoms with Gasteiger partial charge < -0.3 is 5.32 Å². The van der Waals surface area contributed by atoms with Gasteiger partial charge in [0.05, 0.1) is 18.5 Å². The molecule has 0 aliphatic heterocycles. The molecule has 31 heavy (non-hydrogen) atoms. The number of rotatable bonds is 6. The summed E-state index contributed by atoms with van der Waals surface area (Å²) < 4.78 is 27.2. The number of carbonyl (C=O) groups is 1. The van der Waals surface area contributed by atoms with E-state index >= 15 is 0 Å². The number of amides is 1. The number of aryl methyl sites for hydroxylation is 3. The molecule has 0 radical (unpaired) electrons. The Morgan fingerprint density at radius 3 is 2.16 bits per heavy atom. The van der Waals surface area contributed by atoms with Gasteiger partial charge in [0.15, 0.2) is 0 Å². The van der Waals surface area contributed by atoms with E-state index in [2.05, 4.69) is 21.2 Å². The highest BCUT2D eigenvalue weighted by atomic mass is 79.9. The second kappa shape index (κ2) is 9.24. The molecule has 3 rings (SSSR count). The molecule has 0 saturated heterocycles. The second-order valence-corrected chi connectivity index (χ2v) is 10.4. The number of benzene rings is 3. The Morgan fingerprint density at radius 1 is 0.903 bits per heavy atom. The van der Waals surface area contributed by atoms with Crippen LogP contribution in [0.2, 0.25) is 0 Å². The van der Waals surface area contributed by atoms with Crippen molar-refractivity contribution in [1.82, 2.24) is 0 Å². The van der Waals surface area contributed by atoms with E-state index < -0.39 is 10.0 Å². The third-order valence-corrected chi connectivity index (χ3v) is 7.17. The van der Waals surface area contributed by atoms with Gasteiger partial charge in [-0.2, -0.15) is 0 Å². The number of halogens is 1. The molecule has 0 fully saturated rings. The van der Waals surface area contributed by atoms with Gasteiger partial charge in [0, 0.05) is 15.7 Å². The maximum atomic E-state index is 12.6. The van der Waals surface area contributed by atoms with Gasteiger partial charge in [-0.15, -0.1) is 0 Å². The van der Waals surface area contributed by atoms with Crippen LogP contribution in [0.5, 0.6) is 0 Å². The number of carbonyl (C=O) groups excluding carboxylic acids is 1. The Kier molecular flexibility index (Phi) is 6.86. The molecule has 0 aliphatic carbocycles. The van der Waals surface area contributed by atoms with Crippen molar-refractivity contribution in [2.45, 2.75) is 27.3 Å². The maximum Gasteiger partial charge on any atom is 0.255 e. The van der Waals surface area contributed by atoms with Crippen molar-refractivity contribution in [2.24, 2.45) is 0 Å². The Hall–Kier alpha value is -2.64. The second-order valence-electron chi connectivity index (χ2n) is 7.65. The first kappa shape index (κ1) is 23.0. The lowest BCUT2D eigenvalue weighted by molar-refractivity contribution is 0.102. The van der Waals surface area contributed by atoms with Crippen LogP contribution in [-0.2, 0) is 16.6 Å². The van der Waals surface area contributed by atoms with Gasteiger partial charge in [0.1, 0.15) is 0 Å². The molecule has 0 bridgehead atoms. The van der Waals surface area contributed by atoms with Crippen LogP contribution in [0.4, 0.5) is 11.4 Å². The fraction of sp³-hybridized carbons (Fsp3) is 0.208. The monoisotopic (exact) mass is 500 g/mol. The summed E-state index contributed by atoms with van der Waals surface area (Å²) in [7, 11) is -3.47. The summed E-state index contributed by atoms with van der Waals surface area (Å²) in [5.74, 6) is -0.220. The molecule has 1 N–H and O–H groups in total. The van der Waals surface area contributed by atoms with Crippen LogP contribution >= 0.6 is 15.9 Å². The lowest BCUT2D eigenvalue weighted by Gasteiger charge is -2.23. The molecule has 0 aromatic heterocycles. The molecule has 7 heteroatoms. The zero-order valence-electron chi connectivity index (χ0n) is 17.9. The first-order valence-electron chi connectivity index (χ1n) is 9.76. The van der Waals surface area contributed by atoms with E-state index in [-0.39, 0.29) is 12.5 Å².